The number of likely N-dealkylation sites (N-methyl/N-ethyl adjacent to an activating group) is 1. The van der Waals surface area contributed by atoms with E-state index in [1.807, 2.05) is 0 Å². The number of sulfonamides is 1. The van der Waals surface area contributed by atoms with Crippen LogP contribution in [0.1, 0.15) is 0 Å². The molecule has 74 valence electrons. The van der Waals surface area contributed by atoms with Crippen LogP contribution in [0.15, 0.2) is 0 Å². The summed E-state index contributed by atoms with van der Waals surface area (Å²) < 4.78 is 28.5. The summed E-state index contributed by atoms with van der Waals surface area (Å²) in [4.78, 5) is 0. The Hall–Kier alpha value is -0.170. The first-order chi connectivity index (χ1) is 5.54. The molecule has 0 aromatic rings. The monoisotopic (exact) mass is 196 g/mol. The first-order valence-corrected chi connectivity index (χ1v) is 5.28. The predicted molar refractivity (Wildman–Crippen MR) is 47.3 cm³/mol. The lowest BCUT2D eigenvalue weighted by Gasteiger charge is -2.15. The van der Waals surface area contributed by atoms with Crippen molar-refractivity contribution in [3.63, 3.8) is 0 Å². The smallest absolute Gasteiger partial charge is 0.215 e. The molecule has 0 rings (SSSR count). The van der Waals surface area contributed by atoms with Crippen molar-refractivity contribution in [2.24, 2.45) is 5.73 Å². The van der Waals surface area contributed by atoms with Crippen LogP contribution in [0, 0.1) is 0 Å². The summed E-state index contributed by atoms with van der Waals surface area (Å²) in [7, 11) is -0.105. The summed E-state index contributed by atoms with van der Waals surface area (Å²) in [5.41, 5.74) is 5.14. The highest BCUT2D eigenvalue weighted by Gasteiger charge is 2.15. The molecule has 0 atom stereocenters. The lowest BCUT2D eigenvalue weighted by atomic mass is 10.7. The maximum Gasteiger partial charge on any atom is 0.215 e. The van der Waals surface area contributed by atoms with E-state index < -0.39 is 10.0 Å². The van der Waals surface area contributed by atoms with E-state index in [4.69, 9.17) is 10.5 Å². The fourth-order valence-corrected chi connectivity index (χ4v) is 1.63. The van der Waals surface area contributed by atoms with Crippen molar-refractivity contribution in [3.05, 3.63) is 0 Å². The molecule has 5 nitrogen and oxygen atoms in total. The highest BCUT2D eigenvalue weighted by Crippen LogP contribution is 1.95. The molecular weight excluding hydrogens is 180 g/mol. The first kappa shape index (κ1) is 11.8. The van der Waals surface area contributed by atoms with E-state index in [0.717, 1.165) is 0 Å². The zero-order valence-corrected chi connectivity index (χ0v) is 8.30. The normalized spacial score (nSPS) is 12.3. The van der Waals surface area contributed by atoms with Gasteiger partial charge in [-0.2, -0.15) is 0 Å². The van der Waals surface area contributed by atoms with Crippen LogP contribution in [0.4, 0.5) is 0 Å². The first-order valence-electron chi connectivity index (χ1n) is 3.67. The summed E-state index contributed by atoms with van der Waals surface area (Å²) in [5, 5.41) is 0. The second-order valence-corrected chi connectivity index (χ2v) is 4.61. The van der Waals surface area contributed by atoms with Gasteiger partial charge in [0.2, 0.25) is 10.0 Å². The van der Waals surface area contributed by atoms with Crippen LogP contribution < -0.4 is 5.73 Å². The number of ether oxygens (including phenoxy) is 1. The molecule has 12 heavy (non-hydrogen) atoms. The van der Waals surface area contributed by atoms with Gasteiger partial charge in [0.05, 0.1) is 12.4 Å². The van der Waals surface area contributed by atoms with E-state index >= 15 is 0 Å². The van der Waals surface area contributed by atoms with Crippen LogP contribution in [-0.4, -0.2) is 52.3 Å². The molecule has 0 aliphatic heterocycles. The molecule has 0 saturated heterocycles. The summed E-state index contributed by atoms with van der Waals surface area (Å²) in [6.45, 7) is 0.929. The molecule has 0 spiro atoms. The van der Waals surface area contributed by atoms with Gasteiger partial charge in [0, 0.05) is 27.2 Å². The lowest BCUT2D eigenvalue weighted by Crippen LogP contribution is -2.34. The Labute approximate surface area is 73.5 Å². The molecule has 0 aromatic carbocycles. The van der Waals surface area contributed by atoms with Gasteiger partial charge in [0.1, 0.15) is 0 Å². The van der Waals surface area contributed by atoms with Crippen LogP contribution in [0.25, 0.3) is 0 Å². The Bertz CT molecular complexity index is 203. The highest BCUT2D eigenvalue weighted by molar-refractivity contribution is 7.89. The Balaban J connectivity index is 3.98. The average Bonchev–Trinajstić information content (AvgIpc) is 2.00. The van der Waals surface area contributed by atoms with Crippen molar-refractivity contribution in [3.8, 4) is 0 Å². The van der Waals surface area contributed by atoms with E-state index in [1.54, 1.807) is 0 Å². The van der Waals surface area contributed by atoms with Crippen molar-refractivity contribution in [1.82, 2.24) is 4.31 Å². The minimum absolute atomic E-state index is 0.00673. The number of rotatable bonds is 6. The third kappa shape index (κ3) is 4.01. The fourth-order valence-electron chi connectivity index (χ4n) is 0.664. The molecule has 0 heterocycles. The zero-order chi connectivity index (χ0) is 9.61. The van der Waals surface area contributed by atoms with Gasteiger partial charge in [-0.25, -0.2) is 12.7 Å². The van der Waals surface area contributed by atoms with E-state index in [2.05, 4.69) is 0 Å². The maximum absolute atomic E-state index is 11.2. The van der Waals surface area contributed by atoms with Gasteiger partial charge >= 0.3 is 0 Å². The summed E-state index contributed by atoms with van der Waals surface area (Å²) in [6, 6.07) is 0. The lowest BCUT2D eigenvalue weighted by molar-refractivity contribution is 0.185. The van der Waals surface area contributed by atoms with Gasteiger partial charge in [0.25, 0.3) is 0 Å². The fraction of sp³-hybridized carbons (Fsp3) is 1.00. The number of methoxy groups -OCH3 is 1. The molecule has 2 N–H and O–H groups in total. The third-order valence-corrected chi connectivity index (χ3v) is 3.34. The molecule has 0 bridgehead atoms. The zero-order valence-electron chi connectivity index (χ0n) is 7.49. The van der Waals surface area contributed by atoms with Gasteiger partial charge in [0.15, 0.2) is 0 Å². The number of hydrogen-bond donors (Lipinski definition) is 1. The highest BCUT2D eigenvalue weighted by atomic mass is 32.2. The molecule has 0 saturated carbocycles. The molecule has 0 fully saturated rings. The Morgan fingerprint density at radius 3 is 2.50 bits per heavy atom. The van der Waals surface area contributed by atoms with Crippen molar-refractivity contribution in [1.29, 1.82) is 0 Å². The van der Waals surface area contributed by atoms with Crippen LogP contribution in [-0.2, 0) is 14.8 Å². The van der Waals surface area contributed by atoms with Gasteiger partial charge in [-0.15, -0.1) is 0 Å². The van der Waals surface area contributed by atoms with Crippen molar-refractivity contribution < 1.29 is 13.2 Å². The topological polar surface area (TPSA) is 72.6 Å². The Morgan fingerprint density at radius 1 is 1.50 bits per heavy atom. The van der Waals surface area contributed by atoms with Crippen LogP contribution >= 0.6 is 0 Å². The summed E-state index contributed by atoms with van der Waals surface area (Å²) in [6.07, 6.45) is 0. The maximum atomic E-state index is 11.2. The molecule has 0 aliphatic rings. The molecule has 0 unspecified atom stereocenters. The largest absolute Gasteiger partial charge is 0.383 e. The molecular formula is C6H16N2O3S. The quantitative estimate of drug-likeness (QED) is 0.582. The standard InChI is InChI=1S/C6H16N2O3S/c1-8(4-5-11-2)12(9,10)6-3-7/h3-7H2,1-2H3. The second kappa shape index (κ2) is 5.47. The molecule has 0 radical (unpaired) electrons. The van der Waals surface area contributed by atoms with Gasteiger partial charge in [-0.05, 0) is 0 Å². The third-order valence-electron chi connectivity index (χ3n) is 1.46. The van der Waals surface area contributed by atoms with E-state index in [0.29, 0.717) is 13.2 Å². The molecule has 0 amide bonds. The minimum Gasteiger partial charge on any atom is -0.383 e. The van der Waals surface area contributed by atoms with Gasteiger partial charge < -0.3 is 10.5 Å². The van der Waals surface area contributed by atoms with Crippen LogP contribution in [0.3, 0.4) is 0 Å². The van der Waals surface area contributed by atoms with Crippen LogP contribution in [0.5, 0.6) is 0 Å². The van der Waals surface area contributed by atoms with Crippen molar-refractivity contribution >= 4 is 10.0 Å². The molecule has 0 aromatic heterocycles. The SMILES string of the molecule is COCCN(C)S(=O)(=O)CCN. The average molecular weight is 196 g/mol. The predicted octanol–water partition coefficient (Wildman–Crippen LogP) is -1.15. The number of nitrogens with zero attached hydrogens (tertiary/aromatic N) is 1. The van der Waals surface area contributed by atoms with E-state index in [9.17, 15) is 8.42 Å². The Kier molecular flexibility index (Phi) is 5.39. The van der Waals surface area contributed by atoms with Crippen molar-refractivity contribution in [2.45, 2.75) is 0 Å². The van der Waals surface area contributed by atoms with Crippen LogP contribution in [0.2, 0.25) is 0 Å². The molecule has 0 aliphatic carbocycles. The molecule has 6 heteroatoms. The number of nitrogens with two attached hydrogens (primary N) is 1. The van der Waals surface area contributed by atoms with Gasteiger partial charge in [-0.1, -0.05) is 0 Å². The summed E-state index contributed by atoms with van der Waals surface area (Å²) in [5.74, 6) is -0.00673. The van der Waals surface area contributed by atoms with Gasteiger partial charge in [-0.3, -0.25) is 0 Å². The second-order valence-electron chi connectivity index (χ2n) is 2.42. The number of hydrogen-bond acceptors (Lipinski definition) is 4. The Morgan fingerprint density at radius 2 is 2.08 bits per heavy atom. The minimum atomic E-state index is -3.15. The van der Waals surface area contributed by atoms with E-state index in [1.165, 1.54) is 18.5 Å². The van der Waals surface area contributed by atoms with Crippen molar-refractivity contribution in [2.75, 3.05) is 39.6 Å². The van der Waals surface area contributed by atoms with E-state index in [-0.39, 0.29) is 12.3 Å². The summed E-state index contributed by atoms with van der Waals surface area (Å²) >= 11 is 0.